The van der Waals surface area contributed by atoms with Gasteiger partial charge in [0, 0.05) is 6.54 Å². The predicted octanol–water partition coefficient (Wildman–Crippen LogP) is 2.48. The van der Waals surface area contributed by atoms with Gasteiger partial charge in [0.2, 0.25) is 0 Å². The maximum Gasteiger partial charge on any atom is 0.399 e. The Hall–Kier alpha value is -1.03. The molecule has 1 aliphatic heterocycles. The first-order valence-corrected chi connectivity index (χ1v) is 4.89. The minimum Gasteiger partial charge on any atom is -0.315 e. The largest absolute Gasteiger partial charge is 0.399 e. The molecular formula is C11H12F3N. The highest BCUT2D eigenvalue weighted by Crippen LogP contribution is 2.45. The van der Waals surface area contributed by atoms with Gasteiger partial charge in [-0.25, -0.2) is 0 Å². The van der Waals surface area contributed by atoms with Crippen LogP contribution in [0.15, 0.2) is 30.3 Å². The topological polar surface area (TPSA) is 12.0 Å². The minimum atomic E-state index is -4.18. The van der Waals surface area contributed by atoms with Gasteiger partial charge >= 0.3 is 6.18 Å². The Bertz CT molecular complexity index is 325. The molecule has 1 atom stereocenters. The fourth-order valence-electron chi connectivity index (χ4n) is 2.10. The fraction of sp³-hybridized carbons (Fsp3) is 0.455. The van der Waals surface area contributed by atoms with E-state index in [1.165, 1.54) is 0 Å². The normalized spacial score (nSPS) is 26.9. The SMILES string of the molecule is FC(F)(F)C1(c2ccccc2)CCNC1. The zero-order valence-corrected chi connectivity index (χ0v) is 8.14. The van der Waals surface area contributed by atoms with Crippen LogP contribution in [0.5, 0.6) is 0 Å². The molecule has 0 amide bonds. The molecule has 4 heteroatoms. The van der Waals surface area contributed by atoms with E-state index in [1.54, 1.807) is 30.3 Å². The van der Waals surface area contributed by atoms with Crippen molar-refractivity contribution < 1.29 is 13.2 Å². The third kappa shape index (κ3) is 1.63. The Morgan fingerprint density at radius 2 is 1.80 bits per heavy atom. The first-order chi connectivity index (χ1) is 7.06. The van der Waals surface area contributed by atoms with E-state index in [-0.39, 0.29) is 13.0 Å². The van der Waals surface area contributed by atoms with Crippen molar-refractivity contribution >= 4 is 0 Å². The van der Waals surface area contributed by atoms with Crippen molar-refractivity contribution in [2.24, 2.45) is 0 Å². The average molecular weight is 215 g/mol. The van der Waals surface area contributed by atoms with E-state index >= 15 is 0 Å². The number of hydrogen-bond donors (Lipinski definition) is 1. The van der Waals surface area contributed by atoms with Gasteiger partial charge in [0.05, 0.1) is 0 Å². The van der Waals surface area contributed by atoms with Gasteiger partial charge in [-0.05, 0) is 18.5 Å². The molecule has 1 unspecified atom stereocenters. The van der Waals surface area contributed by atoms with E-state index in [1.807, 2.05) is 0 Å². The Balaban J connectivity index is 2.44. The lowest BCUT2D eigenvalue weighted by Crippen LogP contribution is -2.44. The molecule has 82 valence electrons. The highest BCUT2D eigenvalue weighted by molar-refractivity contribution is 5.29. The van der Waals surface area contributed by atoms with E-state index in [9.17, 15) is 13.2 Å². The molecule has 1 aliphatic rings. The van der Waals surface area contributed by atoms with Crippen LogP contribution in [0, 0.1) is 0 Å². The first kappa shape index (κ1) is 10.5. The van der Waals surface area contributed by atoms with Crippen molar-refractivity contribution in [3.05, 3.63) is 35.9 Å². The molecule has 0 bridgehead atoms. The quantitative estimate of drug-likeness (QED) is 0.758. The van der Waals surface area contributed by atoms with Gasteiger partial charge < -0.3 is 5.32 Å². The molecule has 1 aromatic rings. The summed E-state index contributed by atoms with van der Waals surface area (Å²) in [5, 5.41) is 2.80. The lowest BCUT2D eigenvalue weighted by molar-refractivity contribution is -0.184. The van der Waals surface area contributed by atoms with Crippen molar-refractivity contribution in [1.82, 2.24) is 5.32 Å². The van der Waals surface area contributed by atoms with Gasteiger partial charge in [0.1, 0.15) is 5.41 Å². The average Bonchev–Trinajstić information content (AvgIpc) is 2.68. The molecule has 0 aliphatic carbocycles. The third-order valence-electron chi connectivity index (χ3n) is 3.02. The van der Waals surface area contributed by atoms with Crippen molar-refractivity contribution in [3.8, 4) is 0 Å². The van der Waals surface area contributed by atoms with Crippen LogP contribution in [-0.2, 0) is 5.41 Å². The van der Waals surface area contributed by atoms with Crippen molar-refractivity contribution in [1.29, 1.82) is 0 Å². The van der Waals surface area contributed by atoms with Gasteiger partial charge in [-0.15, -0.1) is 0 Å². The lowest BCUT2D eigenvalue weighted by atomic mass is 9.79. The standard InChI is InChI=1S/C11H12F3N/c12-11(13,14)10(6-7-15-8-10)9-4-2-1-3-5-9/h1-5,15H,6-8H2. The Morgan fingerprint density at radius 1 is 1.13 bits per heavy atom. The van der Waals surface area contributed by atoms with Crippen LogP contribution < -0.4 is 5.32 Å². The molecule has 2 rings (SSSR count). The highest BCUT2D eigenvalue weighted by Gasteiger charge is 2.56. The molecule has 1 nitrogen and oxygen atoms in total. The van der Waals surface area contributed by atoms with Gasteiger partial charge in [-0.1, -0.05) is 30.3 Å². The second kappa shape index (κ2) is 3.52. The van der Waals surface area contributed by atoms with Gasteiger partial charge in [0.15, 0.2) is 0 Å². The zero-order chi connectivity index (χ0) is 10.9. The molecule has 1 N–H and O–H groups in total. The van der Waals surface area contributed by atoms with Crippen molar-refractivity contribution in [3.63, 3.8) is 0 Å². The van der Waals surface area contributed by atoms with Gasteiger partial charge in [0.25, 0.3) is 0 Å². The Labute approximate surface area is 86.3 Å². The zero-order valence-electron chi connectivity index (χ0n) is 8.14. The van der Waals surface area contributed by atoms with Crippen LogP contribution in [0.1, 0.15) is 12.0 Å². The molecule has 15 heavy (non-hydrogen) atoms. The van der Waals surface area contributed by atoms with Gasteiger partial charge in [-0.2, -0.15) is 13.2 Å². The number of nitrogens with one attached hydrogen (secondary N) is 1. The second-order valence-corrected chi connectivity index (χ2v) is 3.87. The summed E-state index contributed by atoms with van der Waals surface area (Å²) >= 11 is 0. The van der Waals surface area contributed by atoms with E-state index in [4.69, 9.17) is 0 Å². The number of hydrogen-bond acceptors (Lipinski definition) is 1. The molecular weight excluding hydrogens is 203 g/mol. The summed E-state index contributed by atoms with van der Waals surface area (Å²) in [6.07, 6.45) is -4.06. The maximum atomic E-state index is 13.1. The third-order valence-corrected chi connectivity index (χ3v) is 3.02. The highest BCUT2D eigenvalue weighted by atomic mass is 19.4. The fourth-order valence-corrected chi connectivity index (χ4v) is 2.10. The van der Waals surface area contributed by atoms with Crippen LogP contribution in [-0.4, -0.2) is 19.3 Å². The smallest absolute Gasteiger partial charge is 0.315 e. The molecule has 1 heterocycles. The number of halogens is 3. The van der Waals surface area contributed by atoms with Crippen LogP contribution in [0.25, 0.3) is 0 Å². The monoisotopic (exact) mass is 215 g/mol. The molecule has 0 spiro atoms. The minimum absolute atomic E-state index is 0.0134. The predicted molar refractivity (Wildman–Crippen MR) is 51.7 cm³/mol. The Kier molecular flexibility index (Phi) is 2.46. The Morgan fingerprint density at radius 3 is 2.27 bits per heavy atom. The number of rotatable bonds is 1. The molecule has 0 saturated carbocycles. The van der Waals surface area contributed by atoms with Crippen molar-refractivity contribution in [2.45, 2.75) is 18.0 Å². The summed E-state index contributed by atoms with van der Waals surface area (Å²) in [6.45, 7) is 0.412. The number of benzene rings is 1. The second-order valence-electron chi connectivity index (χ2n) is 3.87. The van der Waals surface area contributed by atoms with E-state index < -0.39 is 11.6 Å². The van der Waals surface area contributed by atoms with Crippen LogP contribution >= 0.6 is 0 Å². The van der Waals surface area contributed by atoms with E-state index in [0.29, 0.717) is 12.1 Å². The molecule has 1 aromatic carbocycles. The van der Waals surface area contributed by atoms with E-state index in [2.05, 4.69) is 5.32 Å². The molecule has 1 saturated heterocycles. The van der Waals surface area contributed by atoms with Crippen molar-refractivity contribution in [2.75, 3.05) is 13.1 Å². The summed E-state index contributed by atoms with van der Waals surface area (Å²) in [4.78, 5) is 0. The molecule has 0 radical (unpaired) electrons. The molecule has 1 fully saturated rings. The summed E-state index contributed by atoms with van der Waals surface area (Å²) < 4.78 is 39.2. The lowest BCUT2D eigenvalue weighted by Gasteiger charge is -2.31. The van der Waals surface area contributed by atoms with E-state index in [0.717, 1.165) is 0 Å². The summed E-state index contributed by atoms with van der Waals surface area (Å²) in [5.74, 6) is 0. The first-order valence-electron chi connectivity index (χ1n) is 4.89. The number of alkyl halides is 3. The van der Waals surface area contributed by atoms with Crippen LogP contribution in [0.2, 0.25) is 0 Å². The van der Waals surface area contributed by atoms with Crippen LogP contribution in [0.3, 0.4) is 0 Å². The summed E-state index contributed by atoms with van der Waals surface area (Å²) in [6, 6.07) is 8.15. The molecule has 0 aromatic heterocycles. The summed E-state index contributed by atoms with van der Waals surface area (Å²) in [5.41, 5.74) is -1.32. The maximum absolute atomic E-state index is 13.1. The summed E-state index contributed by atoms with van der Waals surface area (Å²) in [7, 11) is 0. The van der Waals surface area contributed by atoms with Crippen LogP contribution in [0.4, 0.5) is 13.2 Å². The van der Waals surface area contributed by atoms with Gasteiger partial charge in [-0.3, -0.25) is 0 Å².